The van der Waals surface area contributed by atoms with Crippen LogP contribution in [0.25, 0.3) is 0 Å². The van der Waals surface area contributed by atoms with Crippen LogP contribution < -0.4 is 20.5 Å². The van der Waals surface area contributed by atoms with Gasteiger partial charge in [-0.1, -0.05) is 63.1 Å². The topological polar surface area (TPSA) is 134 Å². The molecule has 0 fully saturated rings. The van der Waals surface area contributed by atoms with Crippen molar-refractivity contribution < 1.29 is 27.8 Å². The predicted molar refractivity (Wildman–Crippen MR) is 171 cm³/mol. The van der Waals surface area contributed by atoms with Gasteiger partial charge in [-0.05, 0) is 66.3 Å². The number of hydrogen-bond acceptors (Lipinski definition) is 7. The number of aliphatic hydroxyl groups excluding tert-OH is 1. The monoisotopic (exact) mass is 624 g/mol. The summed E-state index contributed by atoms with van der Waals surface area (Å²) < 4.78 is 39.6. The number of nitrogens with one attached hydrogen (secondary N) is 1. The molecule has 2 atom stereocenters. The van der Waals surface area contributed by atoms with E-state index < -0.39 is 16.1 Å². The van der Waals surface area contributed by atoms with Crippen molar-refractivity contribution in [2.24, 2.45) is 5.92 Å². The molecule has 4 rings (SSSR count). The van der Waals surface area contributed by atoms with Gasteiger partial charge in [0.25, 0.3) is 0 Å². The summed E-state index contributed by atoms with van der Waals surface area (Å²) in [7, 11) is -3.84. The summed E-state index contributed by atoms with van der Waals surface area (Å²) in [4.78, 5) is 15.2. The zero-order valence-corrected chi connectivity index (χ0v) is 26.3. The molecule has 3 aromatic carbocycles. The molecule has 0 radical (unpaired) electrons. The highest BCUT2D eigenvalue weighted by molar-refractivity contribution is 7.89. The number of carbonyl (C=O) groups is 1. The zero-order chi connectivity index (χ0) is 31.5. The summed E-state index contributed by atoms with van der Waals surface area (Å²) in [6, 6.07) is 20.8. The van der Waals surface area contributed by atoms with Crippen LogP contribution in [0.5, 0.6) is 11.5 Å². The number of aliphatic hydroxyl groups is 1. The lowest BCUT2D eigenvalue weighted by Crippen LogP contribution is -2.44. The highest BCUT2D eigenvalue weighted by Gasteiger charge is 2.32. The quantitative estimate of drug-likeness (QED) is 0.151. The summed E-state index contributed by atoms with van der Waals surface area (Å²) >= 11 is 0. The fourth-order valence-electron chi connectivity index (χ4n) is 5.06. The molecule has 2 amide bonds. The molecule has 3 aromatic rings. The number of sulfonamides is 1. The van der Waals surface area contributed by atoms with Gasteiger partial charge in [-0.25, -0.2) is 13.2 Å². The molecule has 1 heterocycles. The van der Waals surface area contributed by atoms with Crippen molar-refractivity contribution in [3.63, 3.8) is 0 Å². The third-order valence-corrected chi connectivity index (χ3v) is 9.78. The van der Waals surface area contributed by atoms with E-state index >= 15 is 0 Å². The van der Waals surface area contributed by atoms with Gasteiger partial charge in [-0.15, -0.1) is 0 Å². The van der Waals surface area contributed by atoms with Crippen LogP contribution in [0.15, 0.2) is 77.7 Å². The Hall–Kier alpha value is -3.80. The van der Waals surface area contributed by atoms with Gasteiger partial charge in [0, 0.05) is 37.9 Å². The number of rotatable bonds is 16. The number of amides is 2. The number of anilines is 1. The van der Waals surface area contributed by atoms with Crippen LogP contribution in [0.1, 0.15) is 50.7 Å². The molecule has 0 aromatic heterocycles. The molecule has 44 heavy (non-hydrogen) atoms. The third-order valence-electron chi connectivity index (χ3n) is 7.85. The molecule has 11 heteroatoms. The Kier molecular flexibility index (Phi) is 11.9. The fraction of sp³-hybridized carbons (Fsp3) is 0.424. The Labute approximate surface area is 260 Å². The van der Waals surface area contributed by atoms with Gasteiger partial charge in [0.1, 0.15) is 0 Å². The predicted octanol–water partition coefficient (Wildman–Crippen LogP) is 4.98. The van der Waals surface area contributed by atoms with E-state index in [-0.39, 0.29) is 30.2 Å². The maximum atomic E-state index is 13.6. The minimum Gasteiger partial charge on any atom is -0.454 e. The second kappa shape index (κ2) is 15.8. The number of ether oxygens (including phenoxy) is 2. The first kappa shape index (κ1) is 33.1. The van der Waals surface area contributed by atoms with Crippen LogP contribution in [0.2, 0.25) is 0 Å². The van der Waals surface area contributed by atoms with Gasteiger partial charge in [-0.3, -0.25) is 0 Å². The van der Waals surface area contributed by atoms with Crippen LogP contribution in [0, 0.1) is 5.92 Å². The summed E-state index contributed by atoms with van der Waals surface area (Å²) in [6.07, 6.45) is 2.52. The molecule has 0 spiro atoms. The Morgan fingerprint density at radius 2 is 1.68 bits per heavy atom. The minimum absolute atomic E-state index is 0.118. The number of hydrogen-bond donors (Lipinski definition) is 3. The van der Waals surface area contributed by atoms with Crippen LogP contribution in [0.4, 0.5) is 10.5 Å². The fourth-order valence-corrected chi connectivity index (χ4v) is 6.82. The van der Waals surface area contributed by atoms with Crippen molar-refractivity contribution in [2.45, 2.75) is 63.6 Å². The van der Waals surface area contributed by atoms with Crippen molar-refractivity contribution >= 4 is 21.7 Å². The van der Waals surface area contributed by atoms with Crippen molar-refractivity contribution in [2.75, 3.05) is 32.2 Å². The van der Waals surface area contributed by atoms with Crippen LogP contribution >= 0.6 is 0 Å². The van der Waals surface area contributed by atoms with E-state index in [4.69, 9.17) is 15.2 Å². The van der Waals surface area contributed by atoms with Gasteiger partial charge >= 0.3 is 6.03 Å². The zero-order valence-electron chi connectivity index (χ0n) is 25.5. The molecular weight excluding hydrogens is 580 g/mol. The molecule has 1 aliphatic heterocycles. The van der Waals surface area contributed by atoms with E-state index in [0.29, 0.717) is 62.6 Å². The van der Waals surface area contributed by atoms with E-state index in [1.165, 1.54) is 16.4 Å². The highest BCUT2D eigenvalue weighted by atomic mass is 32.2. The summed E-state index contributed by atoms with van der Waals surface area (Å²) in [6.45, 7) is 5.45. The smallest absolute Gasteiger partial charge is 0.318 e. The van der Waals surface area contributed by atoms with Crippen molar-refractivity contribution in [3.8, 4) is 11.5 Å². The van der Waals surface area contributed by atoms with Crippen molar-refractivity contribution in [1.29, 1.82) is 0 Å². The lowest BCUT2D eigenvalue weighted by molar-refractivity contribution is 0.165. The van der Waals surface area contributed by atoms with E-state index in [2.05, 4.69) is 5.32 Å². The maximum Gasteiger partial charge on any atom is 0.318 e. The normalized spacial score (nSPS) is 13.9. The standard InChI is InChI=1S/C33H44N4O6S/c1-3-25(2)20-37(44(40,41)30-15-13-28(34)14-16-30)29(23-38)11-7-8-18-35-33(39)36(21-26-9-5-4-6-10-26)22-27-12-17-31-32(19-27)43-24-42-31/h4-6,9-10,12-17,19,25,29,38H,3,7-8,11,18,20-24,34H2,1-2H3,(H,35,39). The van der Waals surface area contributed by atoms with E-state index in [1.54, 1.807) is 17.0 Å². The van der Waals surface area contributed by atoms with E-state index in [1.807, 2.05) is 62.4 Å². The summed E-state index contributed by atoms with van der Waals surface area (Å²) in [5.74, 6) is 1.48. The van der Waals surface area contributed by atoms with Crippen molar-refractivity contribution in [3.05, 3.63) is 83.9 Å². The first-order valence-electron chi connectivity index (χ1n) is 15.1. The SMILES string of the molecule is CCC(C)CN(C(CO)CCCCNC(=O)N(Cc1ccccc1)Cc1ccc2c(c1)OCO2)S(=O)(=O)c1ccc(N)cc1. The van der Waals surface area contributed by atoms with E-state index in [0.717, 1.165) is 17.5 Å². The highest BCUT2D eigenvalue weighted by Crippen LogP contribution is 2.33. The summed E-state index contributed by atoms with van der Waals surface area (Å²) in [5, 5.41) is 13.3. The Balaban J connectivity index is 1.36. The molecule has 0 saturated heterocycles. The second-order valence-corrected chi connectivity index (χ2v) is 13.1. The van der Waals surface area contributed by atoms with Gasteiger partial charge in [0.15, 0.2) is 11.5 Å². The molecule has 238 valence electrons. The Morgan fingerprint density at radius 3 is 2.39 bits per heavy atom. The molecular formula is C33H44N4O6S. The Bertz CT molecular complexity index is 1450. The Morgan fingerprint density at radius 1 is 0.977 bits per heavy atom. The first-order valence-corrected chi connectivity index (χ1v) is 16.6. The number of nitrogens with two attached hydrogens (primary N) is 1. The van der Waals surface area contributed by atoms with Crippen LogP contribution in [-0.2, 0) is 23.1 Å². The van der Waals surface area contributed by atoms with Crippen LogP contribution in [0.3, 0.4) is 0 Å². The molecule has 10 nitrogen and oxygen atoms in total. The first-order chi connectivity index (χ1) is 21.2. The average molecular weight is 625 g/mol. The minimum atomic E-state index is -3.84. The molecule has 4 N–H and O–H groups in total. The largest absolute Gasteiger partial charge is 0.454 e. The number of nitrogens with zero attached hydrogens (tertiary/aromatic N) is 2. The number of fused-ring (bicyclic) bond motifs is 1. The number of unbranched alkanes of at least 4 members (excludes halogenated alkanes) is 1. The molecule has 1 aliphatic rings. The number of carbonyl (C=O) groups excluding carboxylic acids is 1. The second-order valence-electron chi connectivity index (χ2n) is 11.3. The average Bonchev–Trinajstić information content (AvgIpc) is 3.50. The van der Waals surface area contributed by atoms with Gasteiger partial charge in [0.05, 0.1) is 11.5 Å². The number of benzene rings is 3. The summed E-state index contributed by atoms with van der Waals surface area (Å²) in [5.41, 5.74) is 8.19. The lowest BCUT2D eigenvalue weighted by atomic mass is 10.1. The van der Waals surface area contributed by atoms with Gasteiger partial charge in [0.2, 0.25) is 16.8 Å². The lowest BCUT2D eigenvalue weighted by Gasteiger charge is -2.32. The molecule has 0 bridgehead atoms. The maximum absolute atomic E-state index is 13.6. The molecule has 0 saturated carbocycles. The van der Waals surface area contributed by atoms with Crippen LogP contribution in [-0.4, -0.2) is 61.3 Å². The third kappa shape index (κ3) is 8.87. The molecule has 2 unspecified atom stereocenters. The van der Waals surface area contributed by atoms with Gasteiger partial charge in [-0.2, -0.15) is 4.31 Å². The molecule has 0 aliphatic carbocycles. The van der Waals surface area contributed by atoms with E-state index in [9.17, 15) is 18.3 Å². The van der Waals surface area contributed by atoms with Crippen molar-refractivity contribution in [1.82, 2.24) is 14.5 Å². The number of nitrogen functional groups attached to an aromatic ring is 1. The number of urea groups is 1. The van der Waals surface area contributed by atoms with Gasteiger partial charge < -0.3 is 30.5 Å².